The lowest BCUT2D eigenvalue weighted by atomic mass is 9.94. The third-order valence-corrected chi connectivity index (χ3v) is 5.88. The summed E-state index contributed by atoms with van der Waals surface area (Å²) in [5.74, 6) is -1.08. The molecule has 0 radical (unpaired) electrons. The minimum absolute atomic E-state index is 0.371. The lowest BCUT2D eigenvalue weighted by molar-refractivity contribution is -0.306. The number of hydrogen-bond donors (Lipinski definition) is 0. The van der Waals surface area contributed by atoms with E-state index >= 15 is 0 Å². The number of aliphatic carboxylic acids is 1. The average molecular weight is 379 g/mol. The summed E-state index contributed by atoms with van der Waals surface area (Å²) in [5.41, 5.74) is -0.682. The van der Waals surface area contributed by atoms with Gasteiger partial charge in [0.1, 0.15) is 4.83 Å². The van der Waals surface area contributed by atoms with Crippen molar-refractivity contribution in [1.29, 1.82) is 0 Å². The van der Waals surface area contributed by atoms with Crippen molar-refractivity contribution in [2.45, 2.75) is 65.8 Å². The Balaban J connectivity index is 2.31. The van der Waals surface area contributed by atoms with E-state index in [1.165, 1.54) is 15.9 Å². The Labute approximate surface area is 154 Å². The fraction of sp³-hybridized carbons (Fsp3) is 0.611. The molecule has 0 unspecified atom stereocenters. The normalized spacial score (nSPS) is 16.2. The van der Waals surface area contributed by atoms with Crippen LogP contribution in [0.1, 0.15) is 44.6 Å². The van der Waals surface area contributed by atoms with Crippen LogP contribution < -0.4 is 16.4 Å². The van der Waals surface area contributed by atoms with Crippen LogP contribution in [0.4, 0.5) is 0 Å². The number of nitrogens with zero attached hydrogens (tertiary/aromatic N) is 2. The van der Waals surface area contributed by atoms with E-state index in [4.69, 9.17) is 4.74 Å². The summed E-state index contributed by atoms with van der Waals surface area (Å²) in [6.07, 6.45) is 1.30. The minimum atomic E-state index is -1.45. The Morgan fingerprint density at radius 2 is 2.00 bits per heavy atom. The van der Waals surface area contributed by atoms with E-state index in [1.54, 1.807) is 0 Å². The van der Waals surface area contributed by atoms with Gasteiger partial charge in [-0.1, -0.05) is 13.8 Å². The predicted octanol–water partition coefficient (Wildman–Crippen LogP) is 0.872. The van der Waals surface area contributed by atoms with Crippen molar-refractivity contribution in [1.82, 2.24) is 9.13 Å². The maximum Gasteiger partial charge on any atom is 0.332 e. The molecule has 1 aliphatic rings. The van der Waals surface area contributed by atoms with Gasteiger partial charge in [0.15, 0.2) is 0 Å². The van der Waals surface area contributed by atoms with Crippen LogP contribution in [0.25, 0.3) is 10.2 Å². The first-order valence-electron chi connectivity index (χ1n) is 8.72. The second-order valence-corrected chi connectivity index (χ2v) is 8.87. The molecule has 26 heavy (non-hydrogen) atoms. The Bertz CT molecular complexity index is 980. The van der Waals surface area contributed by atoms with Gasteiger partial charge in [-0.25, -0.2) is 4.79 Å². The number of carbonyl (C=O) groups is 1. The number of aromatic nitrogens is 2. The molecular weight excluding hydrogens is 356 g/mol. The van der Waals surface area contributed by atoms with Gasteiger partial charge in [-0.15, -0.1) is 11.3 Å². The molecule has 3 rings (SSSR count). The second kappa shape index (κ2) is 6.66. The van der Waals surface area contributed by atoms with Gasteiger partial charge in [-0.3, -0.25) is 13.9 Å². The van der Waals surface area contributed by atoms with E-state index in [2.05, 4.69) is 13.8 Å². The molecule has 0 aliphatic carbocycles. The topological polar surface area (TPSA) is 93.4 Å². The van der Waals surface area contributed by atoms with Gasteiger partial charge in [-0.05, 0) is 31.7 Å². The summed E-state index contributed by atoms with van der Waals surface area (Å²) in [6, 6.07) is 0. The number of fused-ring (bicyclic) bond motifs is 3. The van der Waals surface area contributed by atoms with E-state index in [1.807, 2.05) is 13.8 Å². The first-order chi connectivity index (χ1) is 12.1. The number of aryl methyl sites for hydroxylation is 1. The van der Waals surface area contributed by atoms with Gasteiger partial charge in [-0.2, -0.15) is 0 Å². The van der Waals surface area contributed by atoms with E-state index in [-0.39, 0.29) is 0 Å². The number of carbonyl (C=O) groups excluding carboxylic acids is 1. The first-order valence-corrected chi connectivity index (χ1v) is 9.54. The molecular formula is C18H23N2O5S-. The maximum atomic E-state index is 12.9. The van der Waals surface area contributed by atoms with Crippen LogP contribution in [0.15, 0.2) is 9.59 Å². The SMILES string of the molecule is CC(C)CCn1c(=O)n(CC(=O)[O-])c(=O)c2c3c(sc21)COC(C)(C)C3. The van der Waals surface area contributed by atoms with Gasteiger partial charge < -0.3 is 14.6 Å². The molecule has 1 aliphatic heterocycles. The molecule has 8 heteroatoms. The highest BCUT2D eigenvalue weighted by Crippen LogP contribution is 2.37. The lowest BCUT2D eigenvalue weighted by Crippen LogP contribution is -2.44. The lowest BCUT2D eigenvalue weighted by Gasteiger charge is -2.29. The van der Waals surface area contributed by atoms with E-state index in [0.29, 0.717) is 35.7 Å². The molecule has 2 aromatic heterocycles. The summed E-state index contributed by atoms with van der Waals surface area (Å²) in [5, 5.41) is 11.5. The molecule has 142 valence electrons. The third-order valence-electron chi connectivity index (χ3n) is 4.65. The van der Waals surface area contributed by atoms with E-state index in [9.17, 15) is 19.5 Å². The number of thiophene rings is 1. The van der Waals surface area contributed by atoms with Crippen LogP contribution in [-0.4, -0.2) is 20.7 Å². The van der Waals surface area contributed by atoms with Crippen molar-refractivity contribution in [3.8, 4) is 0 Å². The molecule has 0 saturated carbocycles. The number of rotatable bonds is 5. The molecule has 7 nitrogen and oxygen atoms in total. The summed E-state index contributed by atoms with van der Waals surface area (Å²) < 4.78 is 8.16. The zero-order valence-corrected chi connectivity index (χ0v) is 16.3. The van der Waals surface area contributed by atoms with Crippen LogP contribution in [0.5, 0.6) is 0 Å². The van der Waals surface area contributed by atoms with Crippen LogP contribution in [-0.2, 0) is 35.6 Å². The number of hydrogen-bond acceptors (Lipinski definition) is 6. The van der Waals surface area contributed by atoms with E-state index < -0.39 is 29.4 Å². The van der Waals surface area contributed by atoms with Crippen molar-refractivity contribution in [3.05, 3.63) is 31.3 Å². The molecule has 0 N–H and O–H groups in total. The minimum Gasteiger partial charge on any atom is -0.548 e. The monoisotopic (exact) mass is 379 g/mol. The number of ether oxygens (including phenoxy) is 1. The molecule has 0 aromatic carbocycles. The van der Waals surface area contributed by atoms with E-state index in [0.717, 1.165) is 21.4 Å². The zero-order chi connectivity index (χ0) is 19.2. The van der Waals surface area contributed by atoms with Gasteiger partial charge in [0, 0.05) is 17.8 Å². The second-order valence-electron chi connectivity index (χ2n) is 7.79. The van der Waals surface area contributed by atoms with Crippen molar-refractivity contribution < 1.29 is 14.6 Å². The summed E-state index contributed by atoms with van der Waals surface area (Å²) >= 11 is 1.40. The number of carboxylic acid groups (broad SMARTS) is 1. The molecule has 0 atom stereocenters. The van der Waals surface area contributed by atoms with Gasteiger partial charge in [0.2, 0.25) is 0 Å². The fourth-order valence-corrected chi connectivity index (χ4v) is 4.50. The first kappa shape index (κ1) is 18.8. The van der Waals surface area contributed by atoms with Crippen molar-refractivity contribution >= 4 is 27.5 Å². The molecule has 0 saturated heterocycles. The quantitative estimate of drug-likeness (QED) is 0.769. The molecule has 0 bridgehead atoms. The summed E-state index contributed by atoms with van der Waals surface area (Å²) in [6.45, 7) is 8.09. The molecule has 2 aromatic rings. The smallest absolute Gasteiger partial charge is 0.332 e. The predicted molar refractivity (Wildman–Crippen MR) is 97.4 cm³/mol. The highest BCUT2D eigenvalue weighted by molar-refractivity contribution is 7.18. The van der Waals surface area contributed by atoms with Crippen LogP contribution >= 0.6 is 11.3 Å². The third kappa shape index (κ3) is 3.35. The van der Waals surface area contributed by atoms with Crippen molar-refractivity contribution in [2.24, 2.45) is 5.92 Å². The molecule has 0 fully saturated rings. The Kier molecular flexibility index (Phi) is 4.83. The van der Waals surface area contributed by atoms with Crippen LogP contribution in [0.2, 0.25) is 0 Å². The zero-order valence-electron chi connectivity index (χ0n) is 15.5. The van der Waals surface area contributed by atoms with Crippen molar-refractivity contribution in [3.63, 3.8) is 0 Å². The standard InChI is InChI=1S/C18H24N2O5S/c1-10(2)5-6-19-16-14(15(23)20(17(19)24)8-13(21)22)11-7-18(3,4)25-9-12(11)26-16/h10H,5-9H2,1-4H3,(H,21,22)/p-1. The average Bonchev–Trinajstić information content (AvgIpc) is 2.88. The van der Waals surface area contributed by atoms with Crippen LogP contribution in [0, 0.1) is 5.92 Å². The molecule has 0 amide bonds. The van der Waals surface area contributed by atoms with Gasteiger partial charge >= 0.3 is 5.69 Å². The highest BCUT2D eigenvalue weighted by Gasteiger charge is 2.31. The summed E-state index contributed by atoms with van der Waals surface area (Å²) in [4.78, 5) is 38.4. The molecule has 3 heterocycles. The van der Waals surface area contributed by atoms with Crippen LogP contribution in [0.3, 0.4) is 0 Å². The van der Waals surface area contributed by atoms with Crippen molar-refractivity contribution in [2.75, 3.05) is 0 Å². The Morgan fingerprint density at radius 3 is 2.62 bits per heavy atom. The Morgan fingerprint density at radius 1 is 1.31 bits per heavy atom. The summed E-state index contributed by atoms with van der Waals surface area (Å²) in [7, 11) is 0. The highest BCUT2D eigenvalue weighted by atomic mass is 32.1. The van der Waals surface area contributed by atoms with Gasteiger partial charge in [0.05, 0.1) is 30.1 Å². The van der Waals surface area contributed by atoms with Gasteiger partial charge in [0.25, 0.3) is 5.56 Å². The maximum absolute atomic E-state index is 12.9. The largest absolute Gasteiger partial charge is 0.548 e. The number of carboxylic acids is 1. The molecule has 0 spiro atoms. The fourth-order valence-electron chi connectivity index (χ4n) is 3.26. The Hall–Kier alpha value is -1.93.